The number of aromatic nitrogens is 1. The van der Waals surface area contributed by atoms with Crippen molar-refractivity contribution in [1.82, 2.24) is 14.8 Å². The smallest absolute Gasteiger partial charge is 0.254 e. The number of nitrogens with zero attached hydrogens (tertiary/aromatic N) is 3. The van der Waals surface area contributed by atoms with E-state index in [4.69, 9.17) is 21.1 Å². The van der Waals surface area contributed by atoms with Gasteiger partial charge in [0.05, 0.1) is 19.6 Å². The van der Waals surface area contributed by atoms with E-state index in [1.54, 1.807) is 41.6 Å². The topological polar surface area (TPSA) is 72.0 Å². The highest BCUT2D eigenvalue weighted by Crippen LogP contribution is 2.28. The third kappa shape index (κ3) is 5.84. The van der Waals surface area contributed by atoms with Gasteiger partial charge < -0.3 is 19.3 Å². The van der Waals surface area contributed by atoms with Gasteiger partial charge >= 0.3 is 0 Å². The third-order valence-corrected chi connectivity index (χ3v) is 6.70. The van der Waals surface area contributed by atoms with Gasteiger partial charge in [0, 0.05) is 42.6 Å². The normalized spacial score (nSPS) is 21.0. The van der Waals surface area contributed by atoms with E-state index in [0.717, 1.165) is 37.9 Å². The van der Waals surface area contributed by atoms with Crippen LogP contribution < -0.4 is 4.74 Å². The Morgan fingerprint density at radius 3 is 2.58 bits per heavy atom. The summed E-state index contributed by atoms with van der Waals surface area (Å²) in [5.74, 6) is 0.601. The number of morpholine rings is 1. The summed E-state index contributed by atoms with van der Waals surface area (Å²) >= 11 is 6.14. The van der Waals surface area contributed by atoms with Crippen molar-refractivity contribution in [3.63, 3.8) is 0 Å². The Kier molecular flexibility index (Phi) is 7.50. The number of amides is 2. The highest BCUT2D eigenvalue weighted by Gasteiger charge is 2.42. The molecular formula is C25H30ClN3O4. The summed E-state index contributed by atoms with van der Waals surface area (Å²) in [6, 6.07) is 8.86. The van der Waals surface area contributed by atoms with Gasteiger partial charge in [0.2, 0.25) is 5.91 Å². The number of hydrogen-bond donors (Lipinski definition) is 0. The predicted octanol–water partition coefficient (Wildman–Crippen LogP) is 3.74. The molecule has 176 valence electrons. The number of carbonyl (C=O) groups is 2. The number of carbonyl (C=O) groups excluding carboxylic acids is 2. The number of piperidine rings is 1. The van der Waals surface area contributed by atoms with Crippen molar-refractivity contribution in [2.45, 2.75) is 38.2 Å². The second-order valence-corrected chi connectivity index (χ2v) is 9.22. The lowest BCUT2D eigenvalue weighted by molar-refractivity contribution is -0.153. The van der Waals surface area contributed by atoms with Crippen molar-refractivity contribution in [3.8, 4) is 5.75 Å². The minimum Gasteiger partial charge on any atom is -0.490 e. The summed E-state index contributed by atoms with van der Waals surface area (Å²) in [5.41, 5.74) is 0.548. The molecule has 0 radical (unpaired) electrons. The lowest BCUT2D eigenvalue weighted by Crippen LogP contribution is -2.58. The van der Waals surface area contributed by atoms with Gasteiger partial charge in [-0.05, 0) is 62.1 Å². The Labute approximate surface area is 199 Å². The van der Waals surface area contributed by atoms with E-state index in [9.17, 15) is 9.59 Å². The molecule has 3 heterocycles. The number of aryl methyl sites for hydroxylation is 1. The zero-order chi connectivity index (χ0) is 23.3. The average molecular weight is 472 g/mol. The zero-order valence-corrected chi connectivity index (χ0v) is 19.7. The quantitative estimate of drug-likeness (QED) is 0.641. The van der Waals surface area contributed by atoms with Crippen LogP contribution in [-0.2, 0) is 9.53 Å². The van der Waals surface area contributed by atoms with Gasteiger partial charge in [-0.3, -0.25) is 14.6 Å². The number of hydrogen-bond acceptors (Lipinski definition) is 5. The molecule has 0 aliphatic carbocycles. The van der Waals surface area contributed by atoms with Gasteiger partial charge in [0.1, 0.15) is 18.0 Å². The number of halogens is 1. The molecule has 7 nitrogen and oxygen atoms in total. The molecule has 0 bridgehead atoms. The molecule has 8 heteroatoms. The van der Waals surface area contributed by atoms with Crippen LogP contribution in [0.25, 0.3) is 0 Å². The summed E-state index contributed by atoms with van der Waals surface area (Å²) in [7, 11) is 0. The molecular weight excluding hydrogens is 442 g/mol. The average Bonchev–Trinajstić information content (AvgIpc) is 2.85. The summed E-state index contributed by atoms with van der Waals surface area (Å²) in [4.78, 5) is 34.0. The van der Waals surface area contributed by atoms with E-state index < -0.39 is 5.60 Å². The number of ether oxygens (including phenoxy) is 2. The summed E-state index contributed by atoms with van der Waals surface area (Å²) < 4.78 is 12.3. The summed E-state index contributed by atoms with van der Waals surface area (Å²) in [5, 5.41) is 0.667. The third-order valence-electron chi connectivity index (χ3n) is 6.28. The lowest BCUT2D eigenvalue weighted by atomic mass is 9.95. The summed E-state index contributed by atoms with van der Waals surface area (Å²) in [6.45, 7) is 4.69. The molecule has 4 rings (SSSR count). The van der Waals surface area contributed by atoms with Crippen LogP contribution in [-0.4, -0.2) is 71.6 Å². The Hall–Kier alpha value is -2.64. The molecule has 2 saturated heterocycles. The minimum absolute atomic E-state index is 0.0452. The van der Waals surface area contributed by atoms with Crippen molar-refractivity contribution >= 4 is 23.4 Å². The number of benzene rings is 1. The van der Waals surface area contributed by atoms with Crippen molar-refractivity contribution in [3.05, 3.63) is 58.9 Å². The molecule has 2 aromatic rings. The van der Waals surface area contributed by atoms with Crippen LogP contribution in [0.2, 0.25) is 5.02 Å². The monoisotopic (exact) mass is 471 g/mol. The molecule has 2 aliphatic rings. The van der Waals surface area contributed by atoms with E-state index in [2.05, 4.69) is 4.98 Å². The van der Waals surface area contributed by atoms with E-state index >= 15 is 0 Å². The summed E-state index contributed by atoms with van der Waals surface area (Å²) in [6.07, 6.45) is 6.57. The van der Waals surface area contributed by atoms with E-state index in [1.165, 1.54) is 0 Å². The van der Waals surface area contributed by atoms with Gasteiger partial charge in [-0.1, -0.05) is 11.6 Å². The Bertz CT molecular complexity index is 981. The highest BCUT2D eigenvalue weighted by atomic mass is 35.5. The SMILES string of the molecule is Cc1cc(OC[C@@]2(CC(=O)N3CCCCC3)CN(C(=O)c3ccncc3)CCO2)ccc1Cl. The van der Waals surface area contributed by atoms with Crippen molar-refractivity contribution < 1.29 is 19.1 Å². The second-order valence-electron chi connectivity index (χ2n) is 8.81. The van der Waals surface area contributed by atoms with Gasteiger partial charge in [-0.15, -0.1) is 0 Å². The number of rotatable bonds is 6. The predicted molar refractivity (Wildman–Crippen MR) is 126 cm³/mol. The largest absolute Gasteiger partial charge is 0.490 e. The molecule has 1 aromatic heterocycles. The van der Waals surface area contributed by atoms with Crippen LogP contribution in [0.3, 0.4) is 0 Å². The van der Waals surface area contributed by atoms with Crippen LogP contribution in [0, 0.1) is 6.92 Å². The molecule has 0 saturated carbocycles. The standard InChI is InChI=1S/C25H30ClN3O4/c1-19-15-21(5-6-22(19)26)32-18-25(16-23(30)28-11-3-2-4-12-28)17-29(13-14-33-25)24(31)20-7-9-27-10-8-20/h5-10,15H,2-4,11-14,16-18H2,1H3/t25-/m1/s1. The van der Waals surface area contributed by atoms with Gasteiger partial charge in [0.15, 0.2) is 0 Å². The molecule has 0 unspecified atom stereocenters. The van der Waals surface area contributed by atoms with Crippen LogP contribution in [0.5, 0.6) is 5.75 Å². The molecule has 2 aliphatic heterocycles. The fourth-order valence-corrected chi connectivity index (χ4v) is 4.51. The van der Waals surface area contributed by atoms with E-state index in [-0.39, 0.29) is 31.4 Å². The Balaban J connectivity index is 1.53. The Morgan fingerprint density at radius 2 is 1.85 bits per heavy atom. The molecule has 33 heavy (non-hydrogen) atoms. The molecule has 0 spiro atoms. The lowest BCUT2D eigenvalue weighted by Gasteiger charge is -2.43. The van der Waals surface area contributed by atoms with Crippen LogP contribution in [0.15, 0.2) is 42.7 Å². The number of pyridine rings is 1. The molecule has 1 atom stereocenters. The zero-order valence-electron chi connectivity index (χ0n) is 19.0. The van der Waals surface area contributed by atoms with E-state index in [0.29, 0.717) is 29.5 Å². The fraction of sp³-hybridized carbons (Fsp3) is 0.480. The van der Waals surface area contributed by atoms with Crippen LogP contribution >= 0.6 is 11.6 Å². The first-order valence-corrected chi connectivity index (χ1v) is 11.8. The molecule has 2 fully saturated rings. The molecule has 0 N–H and O–H groups in total. The first-order valence-electron chi connectivity index (χ1n) is 11.5. The molecule has 2 amide bonds. The first-order chi connectivity index (χ1) is 16.0. The fourth-order valence-electron chi connectivity index (χ4n) is 4.39. The van der Waals surface area contributed by atoms with Gasteiger partial charge in [0.25, 0.3) is 5.91 Å². The maximum Gasteiger partial charge on any atom is 0.254 e. The van der Waals surface area contributed by atoms with Crippen molar-refractivity contribution in [2.75, 3.05) is 39.4 Å². The van der Waals surface area contributed by atoms with Crippen molar-refractivity contribution in [2.24, 2.45) is 0 Å². The number of likely N-dealkylation sites (tertiary alicyclic amines) is 1. The van der Waals surface area contributed by atoms with Gasteiger partial charge in [-0.25, -0.2) is 0 Å². The first kappa shape index (κ1) is 23.5. The van der Waals surface area contributed by atoms with Crippen LogP contribution in [0.4, 0.5) is 0 Å². The maximum atomic E-state index is 13.2. The maximum absolute atomic E-state index is 13.2. The Morgan fingerprint density at radius 1 is 1.09 bits per heavy atom. The van der Waals surface area contributed by atoms with Crippen molar-refractivity contribution in [1.29, 1.82) is 0 Å². The molecule has 1 aromatic carbocycles. The van der Waals surface area contributed by atoms with E-state index in [1.807, 2.05) is 17.9 Å². The van der Waals surface area contributed by atoms with Gasteiger partial charge in [-0.2, -0.15) is 0 Å². The minimum atomic E-state index is -0.928. The second kappa shape index (κ2) is 10.5. The van der Waals surface area contributed by atoms with Crippen LogP contribution in [0.1, 0.15) is 41.6 Å². The highest BCUT2D eigenvalue weighted by molar-refractivity contribution is 6.31.